The van der Waals surface area contributed by atoms with Gasteiger partial charge in [0.25, 0.3) is 0 Å². The van der Waals surface area contributed by atoms with Gasteiger partial charge in [0.1, 0.15) is 12.4 Å². The van der Waals surface area contributed by atoms with Crippen LogP contribution in [0.3, 0.4) is 0 Å². The predicted octanol–water partition coefficient (Wildman–Crippen LogP) is 1.87. The van der Waals surface area contributed by atoms with Crippen LogP contribution in [-0.4, -0.2) is 29.5 Å². The van der Waals surface area contributed by atoms with Crippen LogP contribution >= 0.6 is 0 Å². The third kappa shape index (κ3) is 3.97. The van der Waals surface area contributed by atoms with Crippen molar-refractivity contribution >= 4 is 5.97 Å². The zero-order valence-electron chi connectivity index (χ0n) is 9.62. The van der Waals surface area contributed by atoms with Gasteiger partial charge in [0.05, 0.1) is 25.3 Å². The summed E-state index contributed by atoms with van der Waals surface area (Å²) in [5.74, 6) is -2.52. The Labute approximate surface area is 104 Å². The number of ether oxygens (including phenoxy) is 2. The molecule has 19 heavy (non-hydrogen) atoms. The minimum absolute atomic E-state index is 0.358. The Morgan fingerprint density at radius 2 is 2.05 bits per heavy atom. The molecule has 0 spiro atoms. The second-order valence-corrected chi connectivity index (χ2v) is 3.34. The molecule has 0 amide bonds. The van der Waals surface area contributed by atoms with Gasteiger partial charge in [-0.25, -0.2) is 9.37 Å². The molecule has 0 aliphatic carbocycles. The van der Waals surface area contributed by atoms with Crippen molar-refractivity contribution in [3.05, 3.63) is 17.3 Å². The Morgan fingerprint density at radius 1 is 1.42 bits per heavy atom. The number of nitrogens with zero attached hydrogens (tertiary/aromatic N) is 1. The molecule has 1 rings (SSSR count). The lowest BCUT2D eigenvalue weighted by Gasteiger charge is -2.14. The molecule has 0 fully saturated rings. The van der Waals surface area contributed by atoms with Crippen LogP contribution in [0, 0.1) is 0 Å². The van der Waals surface area contributed by atoms with E-state index in [2.05, 4.69) is 14.5 Å². The molecule has 0 saturated carbocycles. The summed E-state index contributed by atoms with van der Waals surface area (Å²) >= 11 is 0. The Hall–Kier alpha value is -2.06. The van der Waals surface area contributed by atoms with Crippen LogP contribution in [0.1, 0.15) is 11.1 Å². The molecule has 1 aromatic rings. The van der Waals surface area contributed by atoms with Gasteiger partial charge in [0, 0.05) is 5.56 Å². The Balaban J connectivity index is 3.21. The van der Waals surface area contributed by atoms with Crippen molar-refractivity contribution in [1.29, 1.82) is 0 Å². The van der Waals surface area contributed by atoms with E-state index in [1.165, 1.54) is 0 Å². The predicted molar refractivity (Wildman–Crippen MR) is 53.1 cm³/mol. The lowest BCUT2D eigenvalue weighted by molar-refractivity contribution is -0.276. The molecular formula is C10H9F4NO4. The van der Waals surface area contributed by atoms with E-state index < -0.39 is 42.6 Å². The first-order valence-corrected chi connectivity index (χ1v) is 4.86. The summed E-state index contributed by atoms with van der Waals surface area (Å²) in [4.78, 5) is 14.2. The molecule has 0 aliphatic rings. The molecule has 1 N–H and O–H groups in total. The number of halogens is 4. The van der Waals surface area contributed by atoms with Crippen LogP contribution in [0.25, 0.3) is 0 Å². The monoisotopic (exact) mass is 283 g/mol. The molecule has 1 aromatic heterocycles. The number of esters is 1. The van der Waals surface area contributed by atoms with Crippen LogP contribution in [0.2, 0.25) is 0 Å². The normalized spacial score (nSPS) is 11.2. The van der Waals surface area contributed by atoms with E-state index >= 15 is 0 Å². The number of rotatable bonds is 4. The van der Waals surface area contributed by atoms with E-state index in [1.54, 1.807) is 0 Å². The van der Waals surface area contributed by atoms with Gasteiger partial charge in [-0.05, 0) is 0 Å². The van der Waals surface area contributed by atoms with Gasteiger partial charge in [-0.3, -0.25) is 4.79 Å². The summed E-state index contributed by atoms with van der Waals surface area (Å²) in [6.45, 7) is -1.39. The molecule has 0 aromatic carbocycles. The summed E-state index contributed by atoms with van der Waals surface area (Å²) in [6.07, 6.45) is -5.02. The lowest BCUT2D eigenvalue weighted by atomic mass is 10.1. The Morgan fingerprint density at radius 3 is 2.53 bits per heavy atom. The Bertz CT molecular complexity index is 475. The number of hydrogen-bond acceptors (Lipinski definition) is 5. The van der Waals surface area contributed by atoms with Gasteiger partial charge in [0.2, 0.25) is 5.88 Å². The topological polar surface area (TPSA) is 68.7 Å². The molecule has 0 radical (unpaired) electrons. The van der Waals surface area contributed by atoms with Crippen LogP contribution in [-0.2, 0) is 22.6 Å². The van der Waals surface area contributed by atoms with Crippen LogP contribution in [0.4, 0.5) is 17.6 Å². The molecule has 0 saturated heterocycles. The third-order valence-electron chi connectivity index (χ3n) is 2.13. The van der Waals surface area contributed by atoms with E-state index in [1.807, 2.05) is 0 Å². The quantitative estimate of drug-likeness (QED) is 0.675. The third-order valence-corrected chi connectivity index (χ3v) is 2.13. The van der Waals surface area contributed by atoms with Crippen LogP contribution < -0.4 is 4.74 Å². The van der Waals surface area contributed by atoms with Gasteiger partial charge in [-0.2, -0.15) is 0 Å². The van der Waals surface area contributed by atoms with Gasteiger partial charge in [0.15, 0.2) is 0 Å². The number of alkyl halides is 4. The zero-order valence-corrected chi connectivity index (χ0v) is 9.62. The number of carbonyl (C=O) groups is 1. The van der Waals surface area contributed by atoms with E-state index in [4.69, 9.17) is 0 Å². The van der Waals surface area contributed by atoms with E-state index in [9.17, 15) is 27.5 Å². The lowest BCUT2D eigenvalue weighted by Crippen LogP contribution is -2.20. The van der Waals surface area contributed by atoms with Gasteiger partial charge < -0.3 is 14.6 Å². The maximum atomic E-state index is 12.8. The smallest absolute Gasteiger partial charge is 0.506 e. The highest BCUT2D eigenvalue weighted by atomic mass is 19.4. The molecule has 9 heteroatoms. The molecule has 106 valence electrons. The summed E-state index contributed by atoms with van der Waals surface area (Å²) in [7, 11) is 1.04. The molecule has 5 nitrogen and oxygen atoms in total. The number of aromatic hydroxyl groups is 1. The highest BCUT2D eigenvalue weighted by Gasteiger charge is 2.34. The van der Waals surface area contributed by atoms with Crippen molar-refractivity contribution in [1.82, 2.24) is 4.98 Å². The summed E-state index contributed by atoms with van der Waals surface area (Å²) < 4.78 is 56.9. The van der Waals surface area contributed by atoms with Crippen molar-refractivity contribution in [3.8, 4) is 11.6 Å². The number of aromatic nitrogens is 1. The number of pyridine rings is 1. The number of methoxy groups -OCH3 is 1. The fourth-order valence-electron chi connectivity index (χ4n) is 1.31. The van der Waals surface area contributed by atoms with Gasteiger partial charge in [-0.1, -0.05) is 0 Å². The van der Waals surface area contributed by atoms with Crippen molar-refractivity contribution in [3.63, 3.8) is 0 Å². The summed E-state index contributed by atoms with van der Waals surface area (Å²) in [5, 5.41) is 9.42. The molecular weight excluding hydrogens is 274 g/mol. The standard InChI is InChI=1S/C10H9F4NO4/c1-18-8(17)2-5-6(3-11)9(15-4-7(5)16)19-10(12,13)14/h4,16H,2-3H2,1H3. The summed E-state index contributed by atoms with van der Waals surface area (Å²) in [6, 6.07) is 0. The van der Waals surface area contributed by atoms with E-state index in [0.29, 0.717) is 6.20 Å². The summed E-state index contributed by atoms with van der Waals surface area (Å²) in [5.41, 5.74) is -1.01. The van der Waals surface area contributed by atoms with E-state index in [0.717, 1.165) is 7.11 Å². The minimum atomic E-state index is -5.06. The van der Waals surface area contributed by atoms with Gasteiger partial charge >= 0.3 is 12.3 Å². The number of carbonyl (C=O) groups excluding carboxylic acids is 1. The zero-order chi connectivity index (χ0) is 14.6. The first-order chi connectivity index (χ1) is 8.78. The van der Waals surface area contributed by atoms with Crippen molar-refractivity contribution in [2.75, 3.05) is 7.11 Å². The van der Waals surface area contributed by atoms with Crippen LogP contribution in [0.5, 0.6) is 11.6 Å². The maximum Gasteiger partial charge on any atom is 0.574 e. The second-order valence-electron chi connectivity index (χ2n) is 3.34. The van der Waals surface area contributed by atoms with Crippen molar-refractivity contribution < 1.29 is 36.9 Å². The maximum absolute atomic E-state index is 12.8. The number of hydrogen-bond donors (Lipinski definition) is 1. The SMILES string of the molecule is COC(=O)Cc1c(O)cnc(OC(F)(F)F)c1CF. The van der Waals surface area contributed by atoms with E-state index in [-0.39, 0.29) is 5.56 Å². The largest absolute Gasteiger partial charge is 0.574 e. The average molecular weight is 283 g/mol. The molecule has 0 aliphatic heterocycles. The average Bonchev–Trinajstić information content (AvgIpc) is 2.31. The molecule has 0 bridgehead atoms. The highest BCUT2D eigenvalue weighted by molar-refractivity contribution is 5.74. The van der Waals surface area contributed by atoms with Gasteiger partial charge in [-0.15, -0.1) is 13.2 Å². The Kier molecular flexibility index (Phi) is 4.52. The van der Waals surface area contributed by atoms with Crippen LogP contribution in [0.15, 0.2) is 6.20 Å². The first kappa shape index (κ1) is 15.0. The fraction of sp³-hybridized carbons (Fsp3) is 0.400. The first-order valence-electron chi connectivity index (χ1n) is 4.86. The van der Waals surface area contributed by atoms with Crippen molar-refractivity contribution in [2.45, 2.75) is 19.5 Å². The fourth-order valence-corrected chi connectivity index (χ4v) is 1.31. The minimum Gasteiger partial charge on any atom is -0.506 e. The second kappa shape index (κ2) is 5.72. The molecule has 1 heterocycles. The molecule has 0 atom stereocenters. The highest BCUT2D eigenvalue weighted by Crippen LogP contribution is 2.32. The van der Waals surface area contributed by atoms with Crippen molar-refractivity contribution in [2.24, 2.45) is 0 Å². The molecule has 0 unspecified atom stereocenters.